The number of benzene rings is 3. The van der Waals surface area contributed by atoms with Gasteiger partial charge in [-0.1, -0.05) is 18.2 Å². The van der Waals surface area contributed by atoms with Crippen LogP contribution in [0.2, 0.25) is 0 Å². The van der Waals surface area contributed by atoms with E-state index in [0.29, 0.717) is 28.8 Å². The van der Waals surface area contributed by atoms with Crippen molar-refractivity contribution in [3.63, 3.8) is 0 Å². The van der Waals surface area contributed by atoms with E-state index in [1.54, 1.807) is 6.07 Å². The van der Waals surface area contributed by atoms with Crippen molar-refractivity contribution >= 4 is 34.4 Å². The average molecular weight is 485 g/mol. The second-order valence-electron chi connectivity index (χ2n) is 7.77. The molecule has 182 valence electrons. The van der Waals surface area contributed by atoms with Gasteiger partial charge in [-0.3, -0.25) is 4.79 Å². The molecule has 0 saturated heterocycles. The first-order valence-corrected chi connectivity index (χ1v) is 11.2. The minimum absolute atomic E-state index is 0.102. The van der Waals surface area contributed by atoms with Gasteiger partial charge in [-0.2, -0.15) is 0 Å². The minimum atomic E-state index is -0.650. The van der Waals surface area contributed by atoms with Crippen LogP contribution in [-0.4, -0.2) is 43.7 Å². The highest BCUT2D eigenvalue weighted by Crippen LogP contribution is 2.27. The average Bonchev–Trinajstić information content (AvgIpc) is 2.91. The van der Waals surface area contributed by atoms with E-state index < -0.39 is 17.8 Å². The number of para-hydroxylation sites is 1. The van der Waals surface area contributed by atoms with Crippen molar-refractivity contribution in [1.82, 2.24) is 4.98 Å². The number of esters is 2. The molecule has 3 aromatic carbocycles. The van der Waals surface area contributed by atoms with Crippen LogP contribution in [0.5, 0.6) is 5.75 Å². The van der Waals surface area contributed by atoms with Crippen molar-refractivity contribution in [2.45, 2.75) is 6.92 Å². The number of ether oxygens (including phenoxy) is 3. The van der Waals surface area contributed by atoms with Gasteiger partial charge in [0.25, 0.3) is 5.91 Å². The highest BCUT2D eigenvalue weighted by Gasteiger charge is 2.18. The fourth-order valence-electron chi connectivity index (χ4n) is 3.77. The number of amides is 1. The maximum atomic E-state index is 13.5. The molecule has 0 unspecified atom stereocenters. The molecule has 8 heteroatoms. The SMILES string of the molecule is CCOc1ccc(-c2cc(C(=O)Nc3cc(C(=O)OC)cc(C(=O)OC)c3)c3ccccc3n2)cc1. The predicted octanol–water partition coefficient (Wildman–Crippen LogP) is 5.13. The van der Waals surface area contributed by atoms with Crippen LogP contribution in [0.3, 0.4) is 0 Å². The monoisotopic (exact) mass is 484 g/mol. The van der Waals surface area contributed by atoms with E-state index in [1.807, 2.05) is 55.5 Å². The van der Waals surface area contributed by atoms with Gasteiger partial charge in [-0.05, 0) is 61.5 Å². The second kappa shape index (κ2) is 10.7. The lowest BCUT2D eigenvalue weighted by atomic mass is 10.0. The number of carbonyl (C=O) groups excluding carboxylic acids is 3. The Balaban J connectivity index is 1.75. The first-order chi connectivity index (χ1) is 17.4. The molecule has 4 aromatic rings. The molecule has 0 atom stereocenters. The van der Waals surface area contributed by atoms with Gasteiger partial charge in [0.15, 0.2) is 0 Å². The lowest BCUT2D eigenvalue weighted by Crippen LogP contribution is -2.15. The number of fused-ring (bicyclic) bond motifs is 1. The first kappa shape index (κ1) is 24.4. The Labute approximate surface area is 207 Å². The number of pyridine rings is 1. The number of nitrogens with zero attached hydrogens (tertiary/aromatic N) is 1. The summed E-state index contributed by atoms with van der Waals surface area (Å²) >= 11 is 0. The van der Waals surface area contributed by atoms with Gasteiger partial charge in [0.05, 0.1) is 48.7 Å². The van der Waals surface area contributed by atoms with Crippen molar-refractivity contribution in [2.24, 2.45) is 0 Å². The van der Waals surface area contributed by atoms with E-state index >= 15 is 0 Å². The number of hydrogen-bond acceptors (Lipinski definition) is 7. The maximum Gasteiger partial charge on any atom is 0.337 e. The second-order valence-corrected chi connectivity index (χ2v) is 7.77. The number of carbonyl (C=O) groups is 3. The van der Waals surface area contributed by atoms with E-state index in [-0.39, 0.29) is 16.8 Å². The third-order valence-corrected chi connectivity index (χ3v) is 5.45. The molecular weight excluding hydrogens is 460 g/mol. The fraction of sp³-hybridized carbons (Fsp3) is 0.143. The van der Waals surface area contributed by atoms with Gasteiger partial charge in [-0.25, -0.2) is 14.6 Å². The maximum absolute atomic E-state index is 13.5. The topological polar surface area (TPSA) is 104 Å². The van der Waals surface area contributed by atoms with E-state index in [9.17, 15) is 14.4 Å². The molecule has 8 nitrogen and oxygen atoms in total. The Hall–Kier alpha value is -4.72. The summed E-state index contributed by atoms with van der Waals surface area (Å²) in [6.45, 7) is 2.48. The Morgan fingerprint density at radius 2 is 1.47 bits per heavy atom. The number of methoxy groups -OCH3 is 2. The highest BCUT2D eigenvalue weighted by molar-refractivity contribution is 6.13. The molecule has 1 heterocycles. The van der Waals surface area contributed by atoms with Gasteiger partial charge >= 0.3 is 11.9 Å². The van der Waals surface area contributed by atoms with Gasteiger partial charge in [0.1, 0.15) is 5.75 Å². The molecule has 36 heavy (non-hydrogen) atoms. The van der Waals surface area contributed by atoms with E-state index in [4.69, 9.17) is 19.2 Å². The van der Waals surface area contributed by atoms with Crippen molar-refractivity contribution in [3.05, 3.63) is 89.5 Å². The minimum Gasteiger partial charge on any atom is -0.494 e. The molecule has 1 amide bonds. The Kier molecular flexibility index (Phi) is 7.25. The smallest absolute Gasteiger partial charge is 0.337 e. The summed E-state index contributed by atoms with van der Waals surface area (Å²) < 4.78 is 15.1. The zero-order chi connectivity index (χ0) is 25.7. The lowest BCUT2D eigenvalue weighted by Gasteiger charge is -2.12. The molecule has 1 N–H and O–H groups in total. The van der Waals surface area contributed by atoms with Crippen molar-refractivity contribution in [1.29, 1.82) is 0 Å². The molecule has 1 aromatic heterocycles. The molecule has 0 radical (unpaired) electrons. The van der Waals surface area contributed by atoms with Crippen molar-refractivity contribution < 1.29 is 28.6 Å². The number of rotatable bonds is 7. The summed E-state index contributed by atoms with van der Waals surface area (Å²) in [5, 5.41) is 3.45. The number of hydrogen-bond donors (Lipinski definition) is 1. The molecule has 4 rings (SSSR count). The molecule has 0 aliphatic rings. The van der Waals surface area contributed by atoms with Crippen LogP contribution >= 0.6 is 0 Å². The number of nitrogens with one attached hydrogen (secondary N) is 1. The zero-order valence-corrected chi connectivity index (χ0v) is 20.0. The summed E-state index contributed by atoms with van der Waals surface area (Å²) in [4.78, 5) is 42.4. The first-order valence-electron chi connectivity index (χ1n) is 11.2. The van der Waals surface area contributed by atoms with Gasteiger partial charge < -0.3 is 19.5 Å². The standard InChI is InChI=1S/C28H24N2O6/c1-4-36-21-11-9-17(10-12-21)25-16-23(22-7-5-6-8-24(22)30-25)26(31)29-20-14-18(27(32)34-2)13-19(15-20)28(33)35-3/h5-16H,4H2,1-3H3,(H,29,31). The summed E-state index contributed by atoms with van der Waals surface area (Å²) in [6, 6.07) is 20.7. The van der Waals surface area contributed by atoms with Crippen LogP contribution in [0, 0.1) is 0 Å². The summed E-state index contributed by atoms with van der Waals surface area (Å²) in [7, 11) is 2.47. The lowest BCUT2D eigenvalue weighted by molar-refractivity contribution is 0.0599. The van der Waals surface area contributed by atoms with Crippen LogP contribution < -0.4 is 10.1 Å². The van der Waals surface area contributed by atoms with Gasteiger partial charge in [0.2, 0.25) is 0 Å². The number of anilines is 1. The van der Waals surface area contributed by atoms with Crippen molar-refractivity contribution in [3.8, 4) is 17.0 Å². The fourth-order valence-corrected chi connectivity index (χ4v) is 3.77. The Bertz CT molecular complexity index is 1410. The largest absolute Gasteiger partial charge is 0.494 e. The Morgan fingerprint density at radius 3 is 2.08 bits per heavy atom. The van der Waals surface area contributed by atoms with E-state index in [2.05, 4.69) is 5.32 Å². The zero-order valence-electron chi connectivity index (χ0n) is 20.0. The van der Waals surface area contributed by atoms with Crippen LogP contribution in [0.15, 0.2) is 72.8 Å². The summed E-state index contributed by atoms with van der Waals surface area (Å²) in [5.74, 6) is -0.989. The molecule has 0 bridgehead atoms. The van der Waals surface area contributed by atoms with Gasteiger partial charge in [-0.15, -0.1) is 0 Å². The molecule has 0 aliphatic heterocycles. The number of aromatic nitrogens is 1. The van der Waals surface area contributed by atoms with Crippen LogP contribution in [-0.2, 0) is 9.47 Å². The molecule has 0 fully saturated rings. The van der Waals surface area contributed by atoms with Crippen LogP contribution in [0.25, 0.3) is 22.2 Å². The third kappa shape index (κ3) is 5.17. The van der Waals surface area contributed by atoms with E-state index in [0.717, 1.165) is 11.3 Å². The van der Waals surface area contributed by atoms with Crippen LogP contribution in [0.1, 0.15) is 38.0 Å². The molecule has 0 aliphatic carbocycles. The van der Waals surface area contributed by atoms with Crippen LogP contribution in [0.4, 0.5) is 5.69 Å². The predicted molar refractivity (Wildman–Crippen MR) is 135 cm³/mol. The summed E-state index contributed by atoms with van der Waals surface area (Å²) in [6.07, 6.45) is 0. The summed E-state index contributed by atoms with van der Waals surface area (Å²) in [5.41, 5.74) is 2.90. The normalized spacial score (nSPS) is 10.5. The molecule has 0 saturated carbocycles. The van der Waals surface area contributed by atoms with E-state index in [1.165, 1.54) is 32.4 Å². The highest BCUT2D eigenvalue weighted by atomic mass is 16.5. The quantitative estimate of drug-likeness (QED) is 0.363. The Morgan fingerprint density at radius 1 is 0.833 bits per heavy atom. The molecule has 0 spiro atoms. The third-order valence-electron chi connectivity index (χ3n) is 5.45. The van der Waals surface area contributed by atoms with Gasteiger partial charge in [0, 0.05) is 16.6 Å². The molecular formula is C28H24N2O6. The van der Waals surface area contributed by atoms with Crippen molar-refractivity contribution in [2.75, 3.05) is 26.1 Å².